The number of nitrogen functional groups attached to an aromatic ring is 1. The van der Waals surface area contributed by atoms with Crippen molar-refractivity contribution in [2.24, 2.45) is 7.05 Å². The third-order valence-electron chi connectivity index (χ3n) is 2.35. The molecule has 0 amide bonds. The summed E-state index contributed by atoms with van der Waals surface area (Å²) in [6.07, 6.45) is 1.84. The highest BCUT2D eigenvalue weighted by atomic mass is 16.1. The molecule has 0 aliphatic carbocycles. The monoisotopic (exact) mass is 208 g/mol. The molecule has 0 radical (unpaired) electrons. The van der Waals surface area contributed by atoms with Gasteiger partial charge in [0, 0.05) is 0 Å². The number of fused-ring (bicyclic) bond motifs is 1. The van der Waals surface area contributed by atoms with Gasteiger partial charge in [-0.3, -0.25) is 9.78 Å². The molecule has 0 aliphatic rings. The van der Waals surface area contributed by atoms with E-state index in [0.29, 0.717) is 11.2 Å². The van der Waals surface area contributed by atoms with Crippen LogP contribution >= 0.6 is 0 Å². The molecule has 6 heteroatoms. The van der Waals surface area contributed by atoms with E-state index < -0.39 is 0 Å². The summed E-state index contributed by atoms with van der Waals surface area (Å²) in [6, 6.07) is 0.238. The SMILES string of the molecule is CC(C)n1c[n+](C)c2c(=O)[nH]c(N)nc21. The zero-order chi connectivity index (χ0) is 11.2. The molecule has 15 heavy (non-hydrogen) atoms. The van der Waals surface area contributed by atoms with Crippen LogP contribution in [0, 0.1) is 0 Å². The minimum absolute atomic E-state index is 0.146. The number of hydrogen-bond donors (Lipinski definition) is 2. The largest absolute Gasteiger partial charge is 0.369 e. The number of nitrogens with zero attached hydrogens (tertiary/aromatic N) is 3. The molecule has 2 heterocycles. The molecule has 0 fully saturated rings. The molecule has 0 aliphatic heterocycles. The molecule has 0 bridgehead atoms. The molecule has 0 atom stereocenters. The number of rotatable bonds is 1. The van der Waals surface area contributed by atoms with Crippen molar-refractivity contribution in [2.45, 2.75) is 19.9 Å². The minimum atomic E-state index is -0.209. The van der Waals surface area contributed by atoms with Crippen LogP contribution in [0.4, 0.5) is 5.95 Å². The normalized spacial score (nSPS) is 11.5. The standard InChI is InChI=1S/C9H13N5O/c1-5(2)14-4-13(3)6-7(14)11-9(10)12-8(6)15/h4-5H,1-3H3,(H2-,10,11,12,15)/p+1. The van der Waals surface area contributed by atoms with Crippen molar-refractivity contribution in [2.75, 3.05) is 5.73 Å². The first kappa shape index (κ1) is 9.70. The van der Waals surface area contributed by atoms with Crippen molar-refractivity contribution in [1.82, 2.24) is 14.5 Å². The maximum absolute atomic E-state index is 11.6. The van der Waals surface area contributed by atoms with Crippen LogP contribution in [0.5, 0.6) is 0 Å². The van der Waals surface area contributed by atoms with Crippen LogP contribution in [-0.4, -0.2) is 14.5 Å². The van der Waals surface area contributed by atoms with Gasteiger partial charge in [-0.1, -0.05) is 0 Å². The summed E-state index contributed by atoms with van der Waals surface area (Å²) in [6.45, 7) is 4.05. The second-order valence-electron chi connectivity index (χ2n) is 3.85. The number of hydrogen-bond acceptors (Lipinski definition) is 3. The molecule has 0 saturated carbocycles. The van der Waals surface area contributed by atoms with E-state index in [-0.39, 0.29) is 17.5 Å². The summed E-state index contributed by atoms with van der Waals surface area (Å²) in [5, 5.41) is 0. The fourth-order valence-corrected chi connectivity index (χ4v) is 1.65. The smallest absolute Gasteiger partial charge is 0.304 e. The fourth-order valence-electron chi connectivity index (χ4n) is 1.65. The molecule has 2 aromatic rings. The van der Waals surface area contributed by atoms with Crippen LogP contribution in [0.15, 0.2) is 11.1 Å². The molecule has 2 aromatic heterocycles. The summed E-state index contributed by atoms with van der Waals surface area (Å²) in [7, 11) is 1.81. The molecule has 0 unspecified atom stereocenters. The van der Waals surface area contributed by atoms with Gasteiger partial charge in [0.2, 0.25) is 12.3 Å². The zero-order valence-electron chi connectivity index (χ0n) is 8.98. The van der Waals surface area contributed by atoms with Gasteiger partial charge in [0.15, 0.2) is 0 Å². The lowest BCUT2D eigenvalue weighted by atomic mass is 10.4. The van der Waals surface area contributed by atoms with Crippen LogP contribution in [0.3, 0.4) is 0 Å². The van der Waals surface area contributed by atoms with E-state index >= 15 is 0 Å². The first-order chi connectivity index (χ1) is 7.00. The van der Waals surface area contributed by atoms with Gasteiger partial charge in [0.25, 0.3) is 11.2 Å². The molecule has 80 valence electrons. The van der Waals surface area contributed by atoms with Crippen molar-refractivity contribution >= 4 is 17.1 Å². The van der Waals surface area contributed by atoms with Gasteiger partial charge in [0.05, 0.1) is 13.1 Å². The lowest BCUT2D eigenvalue weighted by Gasteiger charge is -1.99. The number of H-pyrrole nitrogens is 1. The van der Waals surface area contributed by atoms with Crippen LogP contribution in [0.25, 0.3) is 11.2 Å². The summed E-state index contributed by atoms with van der Waals surface area (Å²) < 4.78 is 3.67. The molecular formula is C9H14N5O+. The van der Waals surface area contributed by atoms with E-state index in [9.17, 15) is 4.79 Å². The van der Waals surface area contributed by atoms with E-state index in [1.807, 2.05) is 31.8 Å². The average Bonchev–Trinajstić information content (AvgIpc) is 2.42. The Morgan fingerprint density at radius 1 is 1.60 bits per heavy atom. The Kier molecular flexibility index (Phi) is 1.99. The van der Waals surface area contributed by atoms with Gasteiger partial charge in [-0.15, -0.1) is 0 Å². The summed E-state index contributed by atoms with van der Waals surface area (Å²) in [5.74, 6) is 0.146. The highest BCUT2D eigenvalue weighted by Gasteiger charge is 2.20. The molecule has 0 spiro atoms. The van der Waals surface area contributed by atoms with E-state index in [2.05, 4.69) is 9.97 Å². The predicted octanol–water partition coefficient (Wildman–Crippen LogP) is -0.288. The first-order valence-electron chi connectivity index (χ1n) is 4.76. The van der Waals surface area contributed by atoms with E-state index in [1.165, 1.54) is 0 Å². The Balaban J connectivity index is 2.93. The van der Waals surface area contributed by atoms with Crippen molar-refractivity contribution in [3.05, 3.63) is 16.7 Å². The second-order valence-corrected chi connectivity index (χ2v) is 3.85. The highest BCUT2D eigenvalue weighted by molar-refractivity contribution is 5.66. The quantitative estimate of drug-likeness (QED) is 0.632. The van der Waals surface area contributed by atoms with Crippen LogP contribution in [0.2, 0.25) is 0 Å². The molecular weight excluding hydrogens is 194 g/mol. The van der Waals surface area contributed by atoms with Gasteiger partial charge in [-0.2, -0.15) is 4.98 Å². The van der Waals surface area contributed by atoms with Crippen molar-refractivity contribution < 1.29 is 4.57 Å². The number of nitrogens with two attached hydrogens (primary N) is 1. The first-order valence-corrected chi connectivity index (χ1v) is 4.76. The Hall–Kier alpha value is -1.85. The number of nitrogens with one attached hydrogen (secondary N) is 1. The Bertz CT molecular complexity index is 566. The van der Waals surface area contributed by atoms with Gasteiger partial charge < -0.3 is 5.73 Å². The predicted molar refractivity (Wildman–Crippen MR) is 56.3 cm³/mol. The fraction of sp³-hybridized carbons (Fsp3) is 0.444. The Morgan fingerprint density at radius 2 is 2.27 bits per heavy atom. The lowest BCUT2D eigenvalue weighted by Crippen LogP contribution is -2.31. The maximum Gasteiger partial charge on any atom is 0.304 e. The van der Waals surface area contributed by atoms with Gasteiger partial charge in [-0.25, -0.2) is 9.13 Å². The Labute approximate surface area is 86.4 Å². The van der Waals surface area contributed by atoms with Crippen LogP contribution in [0.1, 0.15) is 19.9 Å². The Morgan fingerprint density at radius 3 is 2.87 bits per heavy atom. The number of imidazole rings is 1. The number of aryl methyl sites for hydroxylation is 1. The highest BCUT2D eigenvalue weighted by Crippen LogP contribution is 2.10. The zero-order valence-corrected chi connectivity index (χ0v) is 8.98. The third kappa shape index (κ3) is 1.38. The number of anilines is 1. The maximum atomic E-state index is 11.6. The minimum Gasteiger partial charge on any atom is -0.369 e. The topological polar surface area (TPSA) is 80.6 Å². The van der Waals surface area contributed by atoms with Gasteiger partial charge in [-0.05, 0) is 13.8 Å². The molecule has 6 nitrogen and oxygen atoms in total. The number of aromatic nitrogens is 4. The summed E-state index contributed by atoms with van der Waals surface area (Å²) in [5.41, 5.74) is 6.46. The van der Waals surface area contributed by atoms with Crippen LogP contribution < -0.4 is 15.9 Å². The van der Waals surface area contributed by atoms with Gasteiger partial charge >= 0.3 is 5.56 Å². The van der Waals surface area contributed by atoms with Crippen molar-refractivity contribution in [3.63, 3.8) is 0 Å². The van der Waals surface area contributed by atoms with E-state index in [1.54, 1.807) is 4.57 Å². The third-order valence-corrected chi connectivity index (χ3v) is 2.35. The molecule has 0 saturated heterocycles. The van der Waals surface area contributed by atoms with E-state index in [0.717, 1.165) is 0 Å². The summed E-state index contributed by atoms with van der Waals surface area (Å²) >= 11 is 0. The van der Waals surface area contributed by atoms with E-state index in [4.69, 9.17) is 5.73 Å². The molecule has 2 rings (SSSR count). The van der Waals surface area contributed by atoms with Gasteiger partial charge in [0.1, 0.15) is 0 Å². The second kappa shape index (κ2) is 3.08. The molecule has 3 N–H and O–H groups in total. The number of aromatic amines is 1. The van der Waals surface area contributed by atoms with Crippen molar-refractivity contribution in [1.29, 1.82) is 0 Å². The van der Waals surface area contributed by atoms with Crippen LogP contribution in [-0.2, 0) is 7.05 Å². The molecule has 0 aromatic carbocycles. The van der Waals surface area contributed by atoms with Crippen molar-refractivity contribution in [3.8, 4) is 0 Å². The lowest BCUT2D eigenvalue weighted by molar-refractivity contribution is -0.646. The average molecular weight is 208 g/mol. The summed E-state index contributed by atoms with van der Waals surface area (Å²) in [4.78, 5) is 18.3.